The van der Waals surface area contributed by atoms with Gasteiger partial charge in [0, 0.05) is 36.9 Å². The molecule has 4 nitrogen and oxygen atoms in total. The van der Waals surface area contributed by atoms with Crippen LogP contribution in [0.15, 0.2) is 48.5 Å². The van der Waals surface area contributed by atoms with Crippen molar-refractivity contribution in [2.24, 2.45) is 0 Å². The van der Waals surface area contributed by atoms with Gasteiger partial charge in [-0.25, -0.2) is 0 Å². The number of carbonyl (C=O) groups is 1. The Morgan fingerprint density at radius 3 is 2.58 bits per heavy atom. The molecule has 2 aromatic carbocycles. The maximum Gasteiger partial charge on any atom is 0.416 e. The largest absolute Gasteiger partial charge is 0.416 e. The third-order valence-electron chi connectivity index (χ3n) is 4.44. The van der Waals surface area contributed by atoms with Gasteiger partial charge in [-0.2, -0.15) is 13.2 Å². The van der Waals surface area contributed by atoms with Crippen molar-refractivity contribution in [2.75, 3.05) is 18.8 Å². The zero-order chi connectivity index (χ0) is 18.7. The standard InChI is InChI=1S/C19H20F3N3O/c20-19(21,22)15-6-4-13(5-7-15)11-25-9-8-17(12-25)24-18(26)14-2-1-3-16(23)10-14/h1-7,10,17H,8-9,11-12,23H2,(H,24,26). The van der Waals surface area contributed by atoms with Crippen LogP contribution in [0, 0.1) is 0 Å². The van der Waals surface area contributed by atoms with Gasteiger partial charge in [0.2, 0.25) is 0 Å². The fraction of sp³-hybridized carbons (Fsp3) is 0.316. The Labute approximate surface area is 149 Å². The maximum atomic E-state index is 12.6. The van der Waals surface area contributed by atoms with Crippen LogP contribution in [0.5, 0.6) is 0 Å². The molecule has 0 aromatic heterocycles. The summed E-state index contributed by atoms with van der Waals surface area (Å²) in [5, 5.41) is 2.98. The minimum atomic E-state index is -4.32. The van der Waals surface area contributed by atoms with Crippen molar-refractivity contribution < 1.29 is 18.0 Å². The highest BCUT2D eigenvalue weighted by molar-refractivity contribution is 5.95. The van der Waals surface area contributed by atoms with Crippen LogP contribution in [0.2, 0.25) is 0 Å². The van der Waals surface area contributed by atoms with Crippen molar-refractivity contribution >= 4 is 11.6 Å². The molecule has 1 saturated heterocycles. The molecule has 1 aliphatic rings. The Bertz CT molecular complexity index is 774. The van der Waals surface area contributed by atoms with Gasteiger partial charge in [-0.3, -0.25) is 9.69 Å². The van der Waals surface area contributed by atoms with Crippen LogP contribution in [0.3, 0.4) is 0 Å². The number of carbonyl (C=O) groups excluding carboxylic acids is 1. The maximum absolute atomic E-state index is 12.6. The highest BCUT2D eigenvalue weighted by atomic mass is 19.4. The van der Waals surface area contributed by atoms with E-state index in [-0.39, 0.29) is 11.9 Å². The van der Waals surface area contributed by atoms with Crippen LogP contribution in [-0.4, -0.2) is 29.9 Å². The molecular weight excluding hydrogens is 343 g/mol. The fourth-order valence-corrected chi connectivity index (χ4v) is 3.10. The number of nitrogens with two attached hydrogens (primary N) is 1. The molecule has 3 rings (SSSR count). The van der Waals surface area contributed by atoms with Crippen LogP contribution in [-0.2, 0) is 12.7 Å². The molecule has 0 bridgehead atoms. The summed E-state index contributed by atoms with van der Waals surface area (Å²) < 4.78 is 37.8. The molecule has 26 heavy (non-hydrogen) atoms. The van der Waals surface area contributed by atoms with E-state index in [4.69, 9.17) is 5.73 Å². The zero-order valence-electron chi connectivity index (χ0n) is 14.1. The van der Waals surface area contributed by atoms with Gasteiger partial charge in [0.05, 0.1) is 5.56 Å². The molecule has 0 radical (unpaired) electrons. The number of rotatable bonds is 4. The molecule has 1 fully saturated rings. The molecule has 0 spiro atoms. The van der Waals surface area contributed by atoms with Crippen molar-refractivity contribution in [3.63, 3.8) is 0 Å². The second kappa shape index (κ2) is 7.37. The lowest BCUT2D eigenvalue weighted by Crippen LogP contribution is -2.37. The van der Waals surface area contributed by atoms with E-state index in [1.165, 1.54) is 12.1 Å². The van der Waals surface area contributed by atoms with E-state index < -0.39 is 11.7 Å². The third-order valence-corrected chi connectivity index (χ3v) is 4.44. The lowest BCUT2D eigenvalue weighted by Gasteiger charge is -2.17. The number of alkyl halides is 3. The fourth-order valence-electron chi connectivity index (χ4n) is 3.10. The van der Waals surface area contributed by atoms with Crippen LogP contribution >= 0.6 is 0 Å². The number of nitrogens with one attached hydrogen (secondary N) is 1. The van der Waals surface area contributed by atoms with Crippen molar-refractivity contribution in [3.8, 4) is 0 Å². The first-order valence-corrected chi connectivity index (χ1v) is 8.36. The Kier molecular flexibility index (Phi) is 5.18. The summed E-state index contributed by atoms with van der Waals surface area (Å²) in [6.07, 6.45) is -3.52. The molecule has 3 N–H and O–H groups in total. The van der Waals surface area contributed by atoms with Gasteiger partial charge in [-0.05, 0) is 42.3 Å². The monoisotopic (exact) mass is 363 g/mol. The summed E-state index contributed by atoms with van der Waals surface area (Å²) in [4.78, 5) is 14.4. The number of benzene rings is 2. The molecular formula is C19H20F3N3O. The first-order valence-electron chi connectivity index (χ1n) is 8.36. The summed E-state index contributed by atoms with van der Waals surface area (Å²) in [6.45, 7) is 2.00. The summed E-state index contributed by atoms with van der Waals surface area (Å²) in [7, 11) is 0. The van der Waals surface area contributed by atoms with Gasteiger partial charge in [0.15, 0.2) is 0 Å². The van der Waals surface area contributed by atoms with E-state index in [9.17, 15) is 18.0 Å². The number of amides is 1. The lowest BCUT2D eigenvalue weighted by atomic mass is 10.1. The van der Waals surface area contributed by atoms with E-state index in [0.29, 0.717) is 24.3 Å². The Hall–Kier alpha value is -2.54. The Morgan fingerprint density at radius 2 is 1.92 bits per heavy atom. The van der Waals surface area contributed by atoms with Gasteiger partial charge in [0.25, 0.3) is 5.91 Å². The molecule has 1 aliphatic heterocycles. The van der Waals surface area contributed by atoms with Gasteiger partial charge in [-0.1, -0.05) is 18.2 Å². The molecule has 0 aliphatic carbocycles. The number of likely N-dealkylation sites (tertiary alicyclic amines) is 1. The second-order valence-electron chi connectivity index (χ2n) is 6.51. The molecule has 7 heteroatoms. The summed E-state index contributed by atoms with van der Waals surface area (Å²) >= 11 is 0. The highest BCUT2D eigenvalue weighted by Gasteiger charge is 2.30. The number of hydrogen-bond donors (Lipinski definition) is 2. The summed E-state index contributed by atoms with van der Waals surface area (Å²) in [5.74, 6) is -0.168. The average Bonchev–Trinajstić information content (AvgIpc) is 3.01. The van der Waals surface area contributed by atoms with E-state index in [0.717, 1.165) is 30.7 Å². The smallest absolute Gasteiger partial charge is 0.399 e. The van der Waals surface area contributed by atoms with E-state index in [1.807, 2.05) is 0 Å². The second-order valence-corrected chi connectivity index (χ2v) is 6.51. The minimum absolute atomic E-state index is 0.0124. The van der Waals surface area contributed by atoms with Gasteiger partial charge < -0.3 is 11.1 Å². The Balaban J connectivity index is 1.53. The van der Waals surface area contributed by atoms with Crippen molar-refractivity contribution in [2.45, 2.75) is 25.2 Å². The zero-order valence-corrected chi connectivity index (χ0v) is 14.1. The lowest BCUT2D eigenvalue weighted by molar-refractivity contribution is -0.137. The quantitative estimate of drug-likeness (QED) is 0.820. The highest BCUT2D eigenvalue weighted by Crippen LogP contribution is 2.29. The predicted octanol–water partition coefficient (Wildman–Crippen LogP) is 3.29. The average molecular weight is 363 g/mol. The van der Waals surface area contributed by atoms with Crippen LogP contribution in [0.4, 0.5) is 18.9 Å². The third kappa shape index (κ3) is 4.54. The number of nitrogens with zero attached hydrogens (tertiary/aromatic N) is 1. The van der Waals surface area contributed by atoms with Crippen LogP contribution in [0.1, 0.15) is 27.9 Å². The van der Waals surface area contributed by atoms with Crippen molar-refractivity contribution in [3.05, 3.63) is 65.2 Å². The summed E-state index contributed by atoms with van der Waals surface area (Å²) in [6, 6.07) is 12.0. The van der Waals surface area contributed by atoms with E-state index in [1.54, 1.807) is 24.3 Å². The van der Waals surface area contributed by atoms with Crippen LogP contribution < -0.4 is 11.1 Å². The number of halogens is 3. The molecule has 1 heterocycles. The SMILES string of the molecule is Nc1cccc(C(=O)NC2CCN(Cc3ccc(C(F)(F)F)cc3)C2)c1. The van der Waals surface area contributed by atoms with Crippen LogP contribution in [0.25, 0.3) is 0 Å². The van der Waals surface area contributed by atoms with Crippen molar-refractivity contribution in [1.29, 1.82) is 0 Å². The molecule has 2 aromatic rings. The number of anilines is 1. The van der Waals surface area contributed by atoms with Crippen molar-refractivity contribution in [1.82, 2.24) is 10.2 Å². The van der Waals surface area contributed by atoms with Gasteiger partial charge >= 0.3 is 6.18 Å². The molecule has 1 amide bonds. The van der Waals surface area contributed by atoms with Gasteiger partial charge in [0.1, 0.15) is 0 Å². The number of nitrogen functional groups attached to an aromatic ring is 1. The molecule has 138 valence electrons. The van der Waals surface area contributed by atoms with E-state index >= 15 is 0 Å². The Morgan fingerprint density at radius 1 is 1.19 bits per heavy atom. The minimum Gasteiger partial charge on any atom is -0.399 e. The topological polar surface area (TPSA) is 58.4 Å². The summed E-state index contributed by atoms with van der Waals surface area (Å²) in [5.41, 5.74) is 6.92. The van der Waals surface area contributed by atoms with Gasteiger partial charge in [-0.15, -0.1) is 0 Å². The number of hydrogen-bond acceptors (Lipinski definition) is 3. The first kappa shape index (κ1) is 18.3. The first-order chi connectivity index (χ1) is 12.3. The normalized spacial score (nSPS) is 18.0. The predicted molar refractivity (Wildman–Crippen MR) is 93.4 cm³/mol. The molecule has 1 unspecified atom stereocenters. The molecule has 1 atom stereocenters. The van der Waals surface area contributed by atoms with E-state index in [2.05, 4.69) is 10.2 Å². The molecule has 0 saturated carbocycles.